The van der Waals surface area contributed by atoms with E-state index in [0.717, 1.165) is 25.3 Å². The van der Waals surface area contributed by atoms with E-state index in [-0.39, 0.29) is 0 Å². The largest absolute Gasteiger partial charge is 0.383 e. The molecule has 0 fully saturated rings. The van der Waals surface area contributed by atoms with Gasteiger partial charge in [0.1, 0.15) is 0 Å². The minimum absolute atomic E-state index is 0.306. The molecule has 3 heteroatoms. The number of hydrogen-bond acceptors (Lipinski definition) is 3. The molecule has 0 amide bonds. The molecule has 0 aliphatic heterocycles. The summed E-state index contributed by atoms with van der Waals surface area (Å²) in [6, 6.07) is 9.09. The van der Waals surface area contributed by atoms with Gasteiger partial charge in [-0.2, -0.15) is 0 Å². The molecule has 0 heterocycles. The Labute approximate surface area is 109 Å². The molecule has 96 valence electrons. The summed E-state index contributed by atoms with van der Waals surface area (Å²) in [5.74, 6) is 1.12. The number of hydrogen-bond donors (Lipinski definition) is 1. The van der Waals surface area contributed by atoms with E-state index < -0.39 is 0 Å². The van der Waals surface area contributed by atoms with Gasteiger partial charge < -0.3 is 10.1 Å². The van der Waals surface area contributed by atoms with Gasteiger partial charge in [0.2, 0.25) is 0 Å². The van der Waals surface area contributed by atoms with E-state index in [4.69, 9.17) is 4.74 Å². The fourth-order valence-corrected chi connectivity index (χ4v) is 2.38. The van der Waals surface area contributed by atoms with Crippen LogP contribution >= 0.6 is 11.8 Å². The minimum atomic E-state index is 0.306. The van der Waals surface area contributed by atoms with Crippen LogP contribution in [0.5, 0.6) is 0 Å². The van der Waals surface area contributed by atoms with E-state index in [9.17, 15) is 0 Å². The first-order chi connectivity index (χ1) is 8.31. The van der Waals surface area contributed by atoms with Crippen molar-refractivity contribution in [3.8, 4) is 0 Å². The van der Waals surface area contributed by atoms with Crippen molar-refractivity contribution in [2.45, 2.75) is 31.2 Å². The van der Waals surface area contributed by atoms with E-state index >= 15 is 0 Å². The monoisotopic (exact) mass is 253 g/mol. The molecule has 1 unspecified atom stereocenters. The number of nitrogens with one attached hydrogen (secondary N) is 1. The van der Waals surface area contributed by atoms with E-state index in [2.05, 4.69) is 43.4 Å². The molecule has 0 aliphatic carbocycles. The second-order valence-corrected chi connectivity index (χ2v) is 5.30. The number of benzene rings is 1. The molecule has 0 spiro atoms. The van der Waals surface area contributed by atoms with Crippen LogP contribution in [0.15, 0.2) is 29.2 Å². The van der Waals surface area contributed by atoms with Gasteiger partial charge in [-0.1, -0.05) is 26.0 Å². The number of ether oxygens (including phenoxy) is 1. The van der Waals surface area contributed by atoms with E-state index in [1.54, 1.807) is 7.11 Å². The Balaban J connectivity index is 2.65. The fraction of sp³-hybridized carbons (Fsp3) is 0.571. The average Bonchev–Trinajstić information content (AvgIpc) is 2.36. The van der Waals surface area contributed by atoms with Gasteiger partial charge in [0.15, 0.2) is 0 Å². The van der Waals surface area contributed by atoms with Crippen molar-refractivity contribution in [1.29, 1.82) is 0 Å². The Morgan fingerprint density at radius 3 is 2.47 bits per heavy atom. The van der Waals surface area contributed by atoms with Crippen LogP contribution in [0.3, 0.4) is 0 Å². The van der Waals surface area contributed by atoms with Crippen molar-refractivity contribution in [3.63, 3.8) is 0 Å². The predicted octanol–water partition coefficient (Wildman–Crippen LogP) is 3.49. The number of rotatable bonds is 8. The second kappa shape index (κ2) is 8.56. The molecule has 17 heavy (non-hydrogen) atoms. The molecule has 0 aliphatic rings. The third-order valence-electron chi connectivity index (χ3n) is 2.57. The maximum Gasteiger partial charge on any atom is 0.0657 e. The summed E-state index contributed by atoms with van der Waals surface area (Å²) in [7, 11) is 1.75. The Morgan fingerprint density at radius 2 is 1.94 bits per heavy atom. The van der Waals surface area contributed by atoms with E-state index in [1.807, 2.05) is 11.8 Å². The maximum absolute atomic E-state index is 5.27. The Hall–Kier alpha value is -0.510. The van der Waals surface area contributed by atoms with Gasteiger partial charge in [-0.05, 0) is 36.4 Å². The quantitative estimate of drug-likeness (QED) is 0.717. The smallest absolute Gasteiger partial charge is 0.0657 e. The van der Waals surface area contributed by atoms with Gasteiger partial charge in [-0.3, -0.25) is 0 Å². The van der Waals surface area contributed by atoms with Gasteiger partial charge in [0.25, 0.3) is 0 Å². The van der Waals surface area contributed by atoms with Crippen LogP contribution in [-0.2, 0) is 4.74 Å². The molecule has 0 aromatic heterocycles. The first-order valence-electron chi connectivity index (χ1n) is 6.26. The van der Waals surface area contributed by atoms with Crippen LogP contribution in [0.25, 0.3) is 0 Å². The minimum Gasteiger partial charge on any atom is -0.383 e. The van der Waals surface area contributed by atoms with Crippen LogP contribution in [-0.4, -0.2) is 26.0 Å². The van der Waals surface area contributed by atoms with Gasteiger partial charge >= 0.3 is 0 Å². The average molecular weight is 253 g/mol. The molecule has 1 rings (SSSR count). The Morgan fingerprint density at radius 1 is 1.24 bits per heavy atom. The summed E-state index contributed by atoms with van der Waals surface area (Å²) >= 11 is 1.88. The lowest BCUT2D eigenvalue weighted by Gasteiger charge is -2.18. The van der Waals surface area contributed by atoms with Crippen molar-refractivity contribution in [2.24, 2.45) is 0 Å². The summed E-state index contributed by atoms with van der Waals surface area (Å²) in [5.41, 5.74) is 1.31. The molecule has 0 bridgehead atoms. The molecule has 0 radical (unpaired) electrons. The van der Waals surface area contributed by atoms with E-state index in [0.29, 0.717) is 6.04 Å². The fourth-order valence-electron chi connectivity index (χ4n) is 1.72. The molecule has 0 saturated carbocycles. The van der Waals surface area contributed by atoms with Crippen molar-refractivity contribution >= 4 is 11.8 Å². The zero-order chi connectivity index (χ0) is 12.5. The van der Waals surface area contributed by atoms with Crippen LogP contribution in [0, 0.1) is 0 Å². The van der Waals surface area contributed by atoms with Gasteiger partial charge in [0.05, 0.1) is 12.6 Å². The lowest BCUT2D eigenvalue weighted by atomic mass is 10.1. The summed E-state index contributed by atoms with van der Waals surface area (Å²) in [6.45, 7) is 6.10. The van der Waals surface area contributed by atoms with Gasteiger partial charge in [0, 0.05) is 12.0 Å². The molecule has 1 aromatic rings. The molecule has 0 saturated heterocycles. The normalized spacial score (nSPS) is 12.6. The molecular formula is C14H23NOS. The summed E-state index contributed by atoms with van der Waals surface area (Å²) in [4.78, 5) is 1.34. The molecule has 1 aromatic carbocycles. The Bertz CT molecular complexity index is 300. The van der Waals surface area contributed by atoms with Crippen molar-refractivity contribution in [1.82, 2.24) is 5.32 Å². The lowest BCUT2D eigenvalue weighted by molar-refractivity contribution is 0.167. The highest BCUT2D eigenvalue weighted by Gasteiger charge is 2.09. The van der Waals surface area contributed by atoms with E-state index in [1.165, 1.54) is 10.5 Å². The van der Waals surface area contributed by atoms with Crippen LogP contribution < -0.4 is 5.32 Å². The SMILES string of the molecule is CCCNC(COC)c1ccc(SCC)cc1. The van der Waals surface area contributed by atoms with Crippen LogP contribution in [0.2, 0.25) is 0 Å². The topological polar surface area (TPSA) is 21.3 Å². The standard InChI is InChI=1S/C14H23NOS/c1-4-10-15-14(11-16-3)12-6-8-13(9-7-12)17-5-2/h6-9,14-15H,4-5,10-11H2,1-3H3. The van der Waals surface area contributed by atoms with Crippen LogP contribution in [0.1, 0.15) is 31.9 Å². The number of thioether (sulfide) groups is 1. The third kappa shape index (κ3) is 5.11. The second-order valence-electron chi connectivity index (χ2n) is 3.96. The first-order valence-corrected chi connectivity index (χ1v) is 7.25. The van der Waals surface area contributed by atoms with Crippen molar-refractivity contribution in [3.05, 3.63) is 29.8 Å². The highest BCUT2D eigenvalue weighted by atomic mass is 32.2. The molecule has 2 nitrogen and oxygen atoms in total. The van der Waals surface area contributed by atoms with Gasteiger partial charge in [-0.15, -0.1) is 11.8 Å². The molecule has 1 N–H and O–H groups in total. The summed E-state index contributed by atoms with van der Waals surface area (Å²) < 4.78 is 5.27. The molecule has 1 atom stereocenters. The zero-order valence-corrected chi connectivity index (χ0v) is 11.8. The number of methoxy groups -OCH3 is 1. The summed E-state index contributed by atoms with van der Waals surface area (Å²) in [5, 5.41) is 3.51. The Kier molecular flexibility index (Phi) is 7.33. The zero-order valence-electron chi connectivity index (χ0n) is 11.0. The van der Waals surface area contributed by atoms with Gasteiger partial charge in [-0.25, -0.2) is 0 Å². The van der Waals surface area contributed by atoms with Crippen molar-refractivity contribution < 1.29 is 4.74 Å². The molecular weight excluding hydrogens is 230 g/mol. The summed E-state index contributed by atoms with van der Waals surface area (Å²) in [6.07, 6.45) is 1.14. The highest BCUT2D eigenvalue weighted by molar-refractivity contribution is 7.99. The maximum atomic E-state index is 5.27. The lowest BCUT2D eigenvalue weighted by Crippen LogP contribution is -2.25. The van der Waals surface area contributed by atoms with Crippen molar-refractivity contribution in [2.75, 3.05) is 26.0 Å². The first kappa shape index (κ1) is 14.6. The third-order valence-corrected chi connectivity index (χ3v) is 3.46. The van der Waals surface area contributed by atoms with Crippen LogP contribution in [0.4, 0.5) is 0 Å². The highest BCUT2D eigenvalue weighted by Crippen LogP contribution is 2.21. The predicted molar refractivity (Wildman–Crippen MR) is 75.8 cm³/mol.